The van der Waals surface area contributed by atoms with Crippen molar-refractivity contribution in [2.24, 2.45) is 5.41 Å². The van der Waals surface area contributed by atoms with Crippen molar-refractivity contribution in [1.29, 1.82) is 0 Å². The topological polar surface area (TPSA) is 17.8 Å². The van der Waals surface area contributed by atoms with E-state index in [2.05, 4.69) is 92.3 Å². The summed E-state index contributed by atoms with van der Waals surface area (Å²) in [5, 5.41) is 0. The Bertz CT molecular complexity index is 978. The van der Waals surface area contributed by atoms with Crippen LogP contribution < -0.4 is 0 Å². The van der Waals surface area contributed by atoms with E-state index in [9.17, 15) is 0 Å². The molecule has 0 saturated carbocycles. The molecule has 0 bridgehead atoms. The fourth-order valence-corrected chi connectivity index (χ4v) is 3.06. The molecule has 1 heterocycles. The molecule has 1 aromatic heterocycles. The first-order valence-corrected chi connectivity index (χ1v) is 9.81. The third-order valence-electron chi connectivity index (χ3n) is 4.42. The minimum absolute atomic E-state index is 0.0123. The lowest BCUT2D eigenvalue weighted by Crippen LogP contribution is -2.01. The maximum atomic E-state index is 4.74. The predicted molar refractivity (Wildman–Crippen MR) is 119 cm³/mol. The third kappa shape index (κ3) is 5.24. The molecular weight excluding hydrogens is 340 g/mol. The summed E-state index contributed by atoms with van der Waals surface area (Å²) in [6.07, 6.45) is 3.84. The van der Waals surface area contributed by atoms with Crippen molar-refractivity contribution in [3.05, 3.63) is 79.1 Å². The van der Waals surface area contributed by atoms with Crippen LogP contribution in [0, 0.1) is 17.3 Å². The standard InChI is InChI=1S/C26H28N2/c1-21(17-18-26(2,3)4)12-11-19-28-20-27-24(22-13-7-5-8-14-22)25(28)23-15-9-6-10-16-23/h5-10,13-16,20H,1,11-12,19H2,2-4H3. The Morgan fingerprint density at radius 3 is 2.18 bits per heavy atom. The molecule has 0 amide bonds. The molecule has 0 aliphatic carbocycles. The highest BCUT2D eigenvalue weighted by Gasteiger charge is 2.14. The molecule has 2 heteroatoms. The van der Waals surface area contributed by atoms with Gasteiger partial charge in [-0.1, -0.05) is 79.1 Å². The summed E-state index contributed by atoms with van der Waals surface area (Å²) in [7, 11) is 0. The lowest BCUT2D eigenvalue weighted by molar-refractivity contribution is 0.570. The van der Waals surface area contributed by atoms with E-state index in [1.54, 1.807) is 0 Å². The van der Waals surface area contributed by atoms with Crippen LogP contribution in [0.1, 0.15) is 33.6 Å². The van der Waals surface area contributed by atoms with Gasteiger partial charge in [0.05, 0.1) is 17.7 Å². The second-order valence-corrected chi connectivity index (χ2v) is 8.07. The van der Waals surface area contributed by atoms with Crippen molar-refractivity contribution in [2.75, 3.05) is 0 Å². The van der Waals surface area contributed by atoms with Gasteiger partial charge in [0, 0.05) is 23.1 Å². The second-order valence-electron chi connectivity index (χ2n) is 8.07. The first kappa shape index (κ1) is 19.7. The van der Waals surface area contributed by atoms with Gasteiger partial charge in [-0.05, 0) is 39.2 Å². The zero-order valence-electron chi connectivity index (χ0n) is 17.1. The van der Waals surface area contributed by atoms with Gasteiger partial charge in [-0.25, -0.2) is 4.98 Å². The highest BCUT2D eigenvalue weighted by atomic mass is 15.1. The summed E-state index contributed by atoms with van der Waals surface area (Å²) in [6.45, 7) is 11.4. The van der Waals surface area contributed by atoms with Crippen LogP contribution in [-0.2, 0) is 6.54 Å². The monoisotopic (exact) mass is 368 g/mol. The van der Waals surface area contributed by atoms with Crippen LogP contribution >= 0.6 is 0 Å². The van der Waals surface area contributed by atoms with Gasteiger partial charge >= 0.3 is 0 Å². The van der Waals surface area contributed by atoms with Crippen molar-refractivity contribution in [1.82, 2.24) is 9.55 Å². The predicted octanol–water partition coefficient (Wildman–Crippen LogP) is 6.60. The van der Waals surface area contributed by atoms with E-state index in [0.717, 1.165) is 41.9 Å². The zero-order valence-corrected chi connectivity index (χ0v) is 17.1. The van der Waals surface area contributed by atoms with Crippen molar-refractivity contribution in [3.8, 4) is 34.4 Å². The molecule has 0 aliphatic heterocycles. The molecule has 3 rings (SSSR count). The quantitative estimate of drug-likeness (QED) is 0.448. The second kappa shape index (κ2) is 8.76. The van der Waals surface area contributed by atoms with Crippen LogP contribution in [0.15, 0.2) is 79.1 Å². The van der Waals surface area contributed by atoms with Crippen molar-refractivity contribution in [3.63, 3.8) is 0 Å². The van der Waals surface area contributed by atoms with E-state index in [1.165, 1.54) is 5.56 Å². The number of aromatic nitrogens is 2. The molecule has 0 radical (unpaired) electrons. The van der Waals surface area contributed by atoms with Gasteiger partial charge in [0.15, 0.2) is 0 Å². The number of imidazole rings is 1. The van der Waals surface area contributed by atoms with Crippen LogP contribution in [0.4, 0.5) is 0 Å². The molecule has 0 spiro atoms. The summed E-state index contributed by atoms with van der Waals surface area (Å²) in [5.41, 5.74) is 5.53. The number of allylic oxidation sites excluding steroid dienone is 1. The summed E-state index contributed by atoms with van der Waals surface area (Å²) < 4.78 is 2.25. The number of benzene rings is 2. The fraction of sp³-hybridized carbons (Fsp3) is 0.269. The lowest BCUT2D eigenvalue weighted by Gasteiger charge is -2.11. The van der Waals surface area contributed by atoms with E-state index < -0.39 is 0 Å². The Kier molecular flexibility index (Phi) is 6.16. The molecule has 0 aliphatic rings. The molecule has 142 valence electrons. The summed E-state index contributed by atoms with van der Waals surface area (Å²) >= 11 is 0. The molecule has 0 fully saturated rings. The van der Waals surface area contributed by atoms with Gasteiger partial charge in [0.2, 0.25) is 0 Å². The number of nitrogens with zero attached hydrogens (tertiary/aromatic N) is 2. The SMILES string of the molecule is C=C(C#CC(C)(C)C)CCCn1cnc(-c2ccccc2)c1-c1ccccc1. The number of aryl methyl sites for hydroxylation is 1. The Balaban J connectivity index is 1.81. The molecule has 0 saturated heterocycles. The molecule has 2 nitrogen and oxygen atoms in total. The van der Waals surface area contributed by atoms with Gasteiger partial charge in [-0.15, -0.1) is 0 Å². The van der Waals surface area contributed by atoms with E-state index in [0.29, 0.717) is 0 Å². The van der Waals surface area contributed by atoms with Crippen LogP contribution in [0.2, 0.25) is 0 Å². The summed E-state index contributed by atoms with van der Waals surface area (Å²) in [5.74, 6) is 6.48. The highest BCUT2D eigenvalue weighted by molar-refractivity contribution is 5.78. The van der Waals surface area contributed by atoms with E-state index in [1.807, 2.05) is 18.5 Å². The highest BCUT2D eigenvalue weighted by Crippen LogP contribution is 2.31. The maximum absolute atomic E-state index is 4.74. The Labute approximate surface area is 169 Å². The molecule has 28 heavy (non-hydrogen) atoms. The Morgan fingerprint density at radius 2 is 1.57 bits per heavy atom. The smallest absolute Gasteiger partial charge is 0.0963 e. The molecule has 0 N–H and O–H groups in total. The fourth-order valence-electron chi connectivity index (χ4n) is 3.06. The number of hydrogen-bond acceptors (Lipinski definition) is 1. The van der Waals surface area contributed by atoms with Gasteiger partial charge in [0.1, 0.15) is 0 Å². The van der Waals surface area contributed by atoms with Crippen molar-refractivity contribution in [2.45, 2.75) is 40.2 Å². The lowest BCUT2D eigenvalue weighted by atomic mass is 9.97. The zero-order chi connectivity index (χ0) is 20.0. The number of rotatable bonds is 6. The first-order chi connectivity index (χ1) is 13.4. The van der Waals surface area contributed by atoms with Crippen molar-refractivity contribution < 1.29 is 0 Å². The van der Waals surface area contributed by atoms with Gasteiger partial charge < -0.3 is 4.57 Å². The maximum Gasteiger partial charge on any atom is 0.0963 e. The molecule has 0 unspecified atom stereocenters. The average molecular weight is 369 g/mol. The largest absolute Gasteiger partial charge is 0.330 e. The van der Waals surface area contributed by atoms with Gasteiger partial charge in [-0.3, -0.25) is 0 Å². The Hall–Kier alpha value is -3.05. The van der Waals surface area contributed by atoms with Crippen molar-refractivity contribution >= 4 is 0 Å². The van der Waals surface area contributed by atoms with Crippen LogP contribution in [0.5, 0.6) is 0 Å². The first-order valence-electron chi connectivity index (χ1n) is 9.81. The average Bonchev–Trinajstić information content (AvgIpc) is 3.11. The summed E-state index contributed by atoms with van der Waals surface area (Å²) in [6, 6.07) is 20.9. The molecule has 3 aromatic rings. The van der Waals surface area contributed by atoms with Crippen LogP contribution in [0.25, 0.3) is 22.5 Å². The van der Waals surface area contributed by atoms with Crippen LogP contribution in [-0.4, -0.2) is 9.55 Å². The number of hydrogen-bond donors (Lipinski definition) is 0. The van der Waals surface area contributed by atoms with E-state index >= 15 is 0 Å². The van der Waals surface area contributed by atoms with Crippen LogP contribution in [0.3, 0.4) is 0 Å². The van der Waals surface area contributed by atoms with Gasteiger partial charge in [0.25, 0.3) is 0 Å². The molecule has 2 aromatic carbocycles. The normalized spacial score (nSPS) is 11.0. The van der Waals surface area contributed by atoms with Gasteiger partial charge in [-0.2, -0.15) is 0 Å². The minimum Gasteiger partial charge on any atom is -0.330 e. The molecule has 0 atom stereocenters. The summed E-state index contributed by atoms with van der Waals surface area (Å²) in [4.78, 5) is 4.74. The Morgan fingerprint density at radius 1 is 0.964 bits per heavy atom. The van der Waals surface area contributed by atoms with E-state index in [-0.39, 0.29) is 5.41 Å². The van der Waals surface area contributed by atoms with E-state index in [4.69, 9.17) is 4.98 Å². The molecular formula is C26H28N2. The third-order valence-corrected chi connectivity index (χ3v) is 4.42. The minimum atomic E-state index is 0.0123.